The van der Waals surface area contributed by atoms with Crippen LogP contribution in [0.5, 0.6) is 0 Å². The van der Waals surface area contributed by atoms with Gasteiger partial charge in [0.1, 0.15) is 10.7 Å². The van der Waals surface area contributed by atoms with Crippen molar-refractivity contribution in [3.05, 3.63) is 33.8 Å². The molecule has 0 bridgehead atoms. The second-order valence-electron chi connectivity index (χ2n) is 2.23. The van der Waals surface area contributed by atoms with Crippen LogP contribution < -0.4 is 0 Å². The van der Waals surface area contributed by atoms with E-state index in [1.54, 1.807) is 18.2 Å². The molecule has 0 heterocycles. The van der Waals surface area contributed by atoms with Gasteiger partial charge in [0.25, 0.3) is 0 Å². The monoisotopic (exact) mass is 224 g/mol. The van der Waals surface area contributed by atoms with Crippen molar-refractivity contribution in [2.75, 3.05) is 0 Å². The minimum absolute atomic E-state index is 0.0608. The number of hydrogen-bond acceptors (Lipinski definition) is 2. The van der Waals surface area contributed by atoms with Gasteiger partial charge < -0.3 is 0 Å². The second kappa shape index (κ2) is 4.12. The van der Waals surface area contributed by atoms with Crippen LogP contribution in [0.2, 0.25) is 10.0 Å². The van der Waals surface area contributed by atoms with Crippen molar-refractivity contribution in [1.29, 1.82) is 0 Å². The molecule has 0 aliphatic heterocycles. The van der Waals surface area contributed by atoms with E-state index in [0.29, 0.717) is 15.6 Å². The van der Waals surface area contributed by atoms with E-state index < -0.39 is 10.7 Å². The number of rotatable bonds is 2. The highest BCUT2D eigenvalue weighted by Gasteiger charge is 2.01. The Kier molecular flexibility index (Phi) is 3.38. The van der Waals surface area contributed by atoms with Crippen molar-refractivity contribution < 1.29 is 8.42 Å². The average molecular weight is 225 g/mol. The number of thiol groups is 1. The number of halogens is 2. The van der Waals surface area contributed by atoms with Gasteiger partial charge in [-0.2, -0.15) is 0 Å². The molecule has 0 radical (unpaired) electrons. The van der Waals surface area contributed by atoms with E-state index in [4.69, 9.17) is 23.2 Å². The Morgan fingerprint density at radius 3 is 2.50 bits per heavy atom. The molecule has 0 aromatic heterocycles. The average Bonchev–Trinajstić information content (AvgIpc) is 1.96. The van der Waals surface area contributed by atoms with Crippen molar-refractivity contribution in [3.63, 3.8) is 0 Å². The maximum atomic E-state index is 10.4. The minimum Gasteiger partial charge on any atom is -0.232 e. The molecular formula is C7H6Cl2O2S. The maximum Gasteiger partial charge on any atom is 0.144 e. The summed E-state index contributed by atoms with van der Waals surface area (Å²) in [5, 5.41) is 0.921. The topological polar surface area (TPSA) is 34.1 Å². The van der Waals surface area contributed by atoms with Gasteiger partial charge in [-0.25, -0.2) is 8.42 Å². The highest BCUT2D eigenvalue weighted by Crippen LogP contribution is 2.20. The molecule has 5 heteroatoms. The van der Waals surface area contributed by atoms with E-state index in [9.17, 15) is 8.42 Å². The first-order chi connectivity index (χ1) is 5.59. The summed E-state index contributed by atoms with van der Waals surface area (Å²) in [6.07, 6.45) is 0. The smallest absolute Gasteiger partial charge is 0.144 e. The lowest BCUT2D eigenvalue weighted by molar-refractivity contribution is 0.614. The third kappa shape index (κ3) is 2.66. The summed E-state index contributed by atoms with van der Waals surface area (Å²) >= 11 is 11.4. The minimum atomic E-state index is -2.45. The fourth-order valence-electron chi connectivity index (χ4n) is 0.804. The summed E-state index contributed by atoms with van der Waals surface area (Å²) in [7, 11) is -2.45. The summed E-state index contributed by atoms with van der Waals surface area (Å²) < 4.78 is 20.7. The molecule has 0 spiro atoms. The van der Waals surface area contributed by atoms with Crippen LogP contribution in [-0.4, -0.2) is 8.42 Å². The molecule has 0 fully saturated rings. The molecule has 12 heavy (non-hydrogen) atoms. The van der Waals surface area contributed by atoms with Crippen LogP contribution in [0.25, 0.3) is 0 Å². The molecule has 0 aliphatic carbocycles. The third-order valence-electron chi connectivity index (χ3n) is 1.31. The van der Waals surface area contributed by atoms with Crippen LogP contribution in [0.4, 0.5) is 0 Å². The molecule has 0 N–H and O–H groups in total. The lowest BCUT2D eigenvalue weighted by Crippen LogP contribution is -1.87. The zero-order chi connectivity index (χ0) is 9.14. The van der Waals surface area contributed by atoms with E-state index in [0.717, 1.165) is 0 Å². The summed E-state index contributed by atoms with van der Waals surface area (Å²) in [5.41, 5.74) is 0.542. The van der Waals surface area contributed by atoms with Gasteiger partial charge in [0, 0.05) is 10.0 Å². The number of benzene rings is 1. The Morgan fingerprint density at radius 1 is 1.25 bits per heavy atom. The van der Waals surface area contributed by atoms with E-state index in [1.807, 2.05) is 0 Å². The Morgan fingerprint density at radius 2 is 1.92 bits per heavy atom. The van der Waals surface area contributed by atoms with Gasteiger partial charge in [0.2, 0.25) is 0 Å². The van der Waals surface area contributed by atoms with E-state index in [1.165, 1.54) is 0 Å². The third-order valence-corrected chi connectivity index (χ3v) is 2.51. The molecule has 1 aromatic rings. The Labute approximate surface area is 82.1 Å². The summed E-state index contributed by atoms with van der Waals surface area (Å²) in [5.74, 6) is -0.0608. The Bertz CT molecular complexity index is 352. The number of hydrogen-bond donors (Lipinski definition) is 1. The van der Waals surface area contributed by atoms with Crippen LogP contribution in [-0.2, 0) is 16.5 Å². The Balaban J connectivity index is 3.05. The second-order valence-corrected chi connectivity index (χ2v) is 4.05. The molecule has 1 rings (SSSR count). The van der Waals surface area contributed by atoms with E-state index in [-0.39, 0.29) is 5.75 Å². The Hall–Kier alpha value is -0.250. The van der Waals surface area contributed by atoms with Gasteiger partial charge in [-0.3, -0.25) is 0 Å². The zero-order valence-corrected chi connectivity index (χ0v) is 8.37. The van der Waals surface area contributed by atoms with Gasteiger partial charge in [0.15, 0.2) is 0 Å². The normalized spacial score (nSPS) is 10.6. The van der Waals surface area contributed by atoms with Crippen molar-refractivity contribution in [3.8, 4) is 0 Å². The van der Waals surface area contributed by atoms with Crippen LogP contribution in [0.3, 0.4) is 0 Å². The van der Waals surface area contributed by atoms with Crippen LogP contribution in [0, 0.1) is 0 Å². The molecule has 2 nitrogen and oxygen atoms in total. The van der Waals surface area contributed by atoms with Gasteiger partial charge >= 0.3 is 0 Å². The van der Waals surface area contributed by atoms with Crippen molar-refractivity contribution >= 4 is 33.9 Å². The largest absolute Gasteiger partial charge is 0.232 e. The highest BCUT2D eigenvalue weighted by molar-refractivity contribution is 7.71. The fraction of sp³-hybridized carbons (Fsp3) is 0.143. The van der Waals surface area contributed by atoms with Crippen molar-refractivity contribution in [2.45, 2.75) is 5.75 Å². The molecule has 0 atom stereocenters. The molecule has 0 aliphatic rings. The molecule has 0 unspecified atom stereocenters. The SMILES string of the molecule is O=[SH](=O)Cc1cc(Cl)ccc1Cl. The molecule has 0 saturated heterocycles. The maximum absolute atomic E-state index is 10.4. The van der Waals surface area contributed by atoms with Gasteiger partial charge in [0.05, 0.1) is 5.75 Å². The first-order valence-corrected chi connectivity index (χ1v) is 5.27. The van der Waals surface area contributed by atoms with Crippen LogP contribution in [0.15, 0.2) is 18.2 Å². The van der Waals surface area contributed by atoms with Gasteiger partial charge in [-0.05, 0) is 23.8 Å². The summed E-state index contributed by atoms with van der Waals surface area (Å²) in [6, 6.07) is 4.75. The van der Waals surface area contributed by atoms with E-state index >= 15 is 0 Å². The standard InChI is InChI=1S/C7H6Cl2O2S/c8-6-1-2-7(9)5(3-6)4-12(10)11/h1-3,12H,4H2. The highest BCUT2D eigenvalue weighted by atomic mass is 35.5. The first kappa shape index (κ1) is 9.84. The van der Waals surface area contributed by atoms with Crippen LogP contribution in [0.1, 0.15) is 5.56 Å². The fourth-order valence-corrected chi connectivity index (χ4v) is 1.82. The molecule has 0 saturated carbocycles. The molecule has 1 aromatic carbocycles. The van der Waals surface area contributed by atoms with Crippen LogP contribution >= 0.6 is 23.2 Å². The molecule has 66 valence electrons. The first-order valence-electron chi connectivity index (χ1n) is 3.15. The van der Waals surface area contributed by atoms with Gasteiger partial charge in [-0.1, -0.05) is 23.2 Å². The predicted molar refractivity (Wildman–Crippen MR) is 50.5 cm³/mol. The predicted octanol–water partition coefficient (Wildman–Crippen LogP) is 2.10. The zero-order valence-electron chi connectivity index (χ0n) is 5.96. The summed E-state index contributed by atoms with van der Waals surface area (Å²) in [4.78, 5) is 0. The molecule has 0 amide bonds. The molecular weight excluding hydrogens is 219 g/mol. The van der Waals surface area contributed by atoms with E-state index in [2.05, 4.69) is 0 Å². The van der Waals surface area contributed by atoms with Crippen molar-refractivity contribution in [1.82, 2.24) is 0 Å². The lowest BCUT2D eigenvalue weighted by atomic mass is 10.2. The lowest BCUT2D eigenvalue weighted by Gasteiger charge is -1.98. The van der Waals surface area contributed by atoms with Gasteiger partial charge in [-0.15, -0.1) is 0 Å². The summed E-state index contributed by atoms with van der Waals surface area (Å²) in [6.45, 7) is 0. The quantitative estimate of drug-likeness (QED) is 0.782. The van der Waals surface area contributed by atoms with Crippen molar-refractivity contribution in [2.24, 2.45) is 0 Å².